The van der Waals surface area contributed by atoms with Crippen LogP contribution in [0.4, 0.5) is 0 Å². The summed E-state index contributed by atoms with van der Waals surface area (Å²) in [4.78, 5) is 4.27. The van der Waals surface area contributed by atoms with Crippen LogP contribution in [-0.4, -0.2) is 27.9 Å². The van der Waals surface area contributed by atoms with Crippen molar-refractivity contribution in [3.63, 3.8) is 0 Å². The predicted molar refractivity (Wildman–Crippen MR) is 66.4 cm³/mol. The van der Waals surface area contributed by atoms with Gasteiger partial charge in [-0.2, -0.15) is 4.98 Å². The summed E-state index contributed by atoms with van der Waals surface area (Å²) in [6, 6.07) is 9.41. The van der Waals surface area contributed by atoms with Gasteiger partial charge in [0.2, 0.25) is 11.7 Å². The van der Waals surface area contributed by atoms with Gasteiger partial charge in [0.05, 0.1) is 12.1 Å². The molecule has 0 aliphatic carbocycles. The molecule has 1 aliphatic heterocycles. The van der Waals surface area contributed by atoms with Gasteiger partial charge in [0.15, 0.2) is 6.61 Å². The van der Waals surface area contributed by atoms with Crippen LogP contribution >= 0.6 is 0 Å². The summed E-state index contributed by atoms with van der Waals surface area (Å²) in [5.74, 6) is 1.77. The van der Waals surface area contributed by atoms with E-state index >= 15 is 0 Å². The molecule has 0 spiro atoms. The quantitative estimate of drug-likeness (QED) is 0.856. The Bertz CT molecular complexity index is 529. The molecule has 100 valence electrons. The Labute approximate surface area is 110 Å². The third-order valence-corrected chi connectivity index (χ3v) is 3.00. The van der Waals surface area contributed by atoms with Crippen molar-refractivity contribution in [1.82, 2.24) is 15.5 Å². The molecule has 6 heteroatoms. The molecule has 3 rings (SSSR count). The van der Waals surface area contributed by atoms with E-state index in [2.05, 4.69) is 15.5 Å². The van der Waals surface area contributed by atoms with Crippen LogP contribution in [0.15, 0.2) is 34.9 Å². The summed E-state index contributed by atoms with van der Waals surface area (Å²) >= 11 is 0. The third-order valence-electron chi connectivity index (χ3n) is 3.00. The lowest BCUT2D eigenvalue weighted by Crippen LogP contribution is -2.15. The molecule has 2 N–H and O–H groups in total. The molecule has 0 amide bonds. The second-order valence-electron chi connectivity index (χ2n) is 4.50. The van der Waals surface area contributed by atoms with Crippen LogP contribution < -0.4 is 10.1 Å². The maximum atomic E-state index is 9.44. The van der Waals surface area contributed by atoms with Crippen molar-refractivity contribution in [1.29, 1.82) is 0 Å². The van der Waals surface area contributed by atoms with Crippen molar-refractivity contribution in [2.45, 2.75) is 25.2 Å². The minimum atomic E-state index is -0.346. The van der Waals surface area contributed by atoms with Crippen LogP contribution in [0.25, 0.3) is 0 Å². The molecule has 19 heavy (non-hydrogen) atoms. The van der Waals surface area contributed by atoms with E-state index in [0.717, 1.165) is 5.75 Å². The summed E-state index contributed by atoms with van der Waals surface area (Å²) in [7, 11) is 0. The first-order valence-corrected chi connectivity index (χ1v) is 6.23. The average molecular weight is 261 g/mol. The SMILES string of the molecule is O[C@@H]1CN[C@@H](c2nc(COc3ccccc3)no2)C1. The zero-order valence-corrected chi connectivity index (χ0v) is 10.3. The largest absolute Gasteiger partial charge is 0.485 e. The Morgan fingerprint density at radius 1 is 1.37 bits per heavy atom. The number of hydrogen-bond acceptors (Lipinski definition) is 6. The van der Waals surface area contributed by atoms with E-state index in [-0.39, 0.29) is 18.8 Å². The number of β-amino-alcohol motifs (C(OH)–C–C–N with tert-alkyl or cyclic N) is 1. The monoisotopic (exact) mass is 261 g/mol. The maximum Gasteiger partial charge on any atom is 0.244 e. The first-order chi connectivity index (χ1) is 9.31. The normalized spacial score (nSPS) is 22.6. The minimum Gasteiger partial charge on any atom is -0.485 e. The molecule has 1 aromatic carbocycles. The Hall–Kier alpha value is -1.92. The molecule has 1 saturated heterocycles. The van der Waals surface area contributed by atoms with Crippen LogP contribution in [0, 0.1) is 0 Å². The van der Waals surface area contributed by atoms with Crippen molar-refractivity contribution in [3.8, 4) is 5.75 Å². The van der Waals surface area contributed by atoms with Crippen molar-refractivity contribution < 1.29 is 14.4 Å². The van der Waals surface area contributed by atoms with Crippen molar-refractivity contribution in [2.24, 2.45) is 0 Å². The first-order valence-electron chi connectivity index (χ1n) is 6.23. The number of para-hydroxylation sites is 1. The van der Waals surface area contributed by atoms with Gasteiger partial charge in [-0.1, -0.05) is 23.4 Å². The molecular weight excluding hydrogens is 246 g/mol. The molecule has 2 heterocycles. The predicted octanol–water partition coefficient (Wildman–Crippen LogP) is 1.04. The molecule has 2 atom stereocenters. The van der Waals surface area contributed by atoms with Gasteiger partial charge in [-0.15, -0.1) is 0 Å². The highest BCUT2D eigenvalue weighted by Gasteiger charge is 2.28. The molecule has 2 aromatic rings. The Balaban J connectivity index is 1.59. The fourth-order valence-electron chi connectivity index (χ4n) is 2.04. The number of nitrogens with one attached hydrogen (secondary N) is 1. The molecule has 0 bridgehead atoms. The highest BCUT2D eigenvalue weighted by molar-refractivity contribution is 5.20. The topological polar surface area (TPSA) is 80.4 Å². The lowest BCUT2D eigenvalue weighted by Gasteiger charge is -2.02. The van der Waals surface area contributed by atoms with E-state index in [1.165, 1.54) is 0 Å². The molecule has 1 aliphatic rings. The van der Waals surface area contributed by atoms with E-state index in [0.29, 0.717) is 24.7 Å². The van der Waals surface area contributed by atoms with E-state index in [4.69, 9.17) is 9.26 Å². The average Bonchev–Trinajstić information content (AvgIpc) is 3.06. The number of nitrogens with zero attached hydrogens (tertiary/aromatic N) is 2. The number of hydrogen-bond donors (Lipinski definition) is 2. The minimum absolute atomic E-state index is 0.0621. The number of benzene rings is 1. The van der Waals surface area contributed by atoms with Crippen LogP contribution in [0.3, 0.4) is 0 Å². The number of aliphatic hydroxyl groups excluding tert-OH is 1. The summed E-state index contributed by atoms with van der Waals surface area (Å²) < 4.78 is 10.7. The van der Waals surface area contributed by atoms with Crippen LogP contribution in [0.2, 0.25) is 0 Å². The Morgan fingerprint density at radius 2 is 2.21 bits per heavy atom. The lowest BCUT2D eigenvalue weighted by molar-refractivity contribution is 0.191. The highest BCUT2D eigenvalue weighted by Crippen LogP contribution is 2.21. The van der Waals surface area contributed by atoms with E-state index in [9.17, 15) is 5.11 Å². The van der Waals surface area contributed by atoms with E-state index in [1.807, 2.05) is 30.3 Å². The number of rotatable bonds is 4. The lowest BCUT2D eigenvalue weighted by atomic mass is 10.2. The smallest absolute Gasteiger partial charge is 0.244 e. The molecule has 1 aromatic heterocycles. The zero-order valence-electron chi connectivity index (χ0n) is 10.3. The fraction of sp³-hybridized carbons (Fsp3) is 0.385. The summed E-state index contributed by atoms with van der Waals surface area (Å²) in [5.41, 5.74) is 0. The van der Waals surface area contributed by atoms with Crippen molar-refractivity contribution in [3.05, 3.63) is 42.0 Å². The van der Waals surface area contributed by atoms with Crippen molar-refractivity contribution in [2.75, 3.05) is 6.54 Å². The summed E-state index contributed by atoms with van der Waals surface area (Å²) in [6.07, 6.45) is 0.252. The van der Waals surface area contributed by atoms with E-state index in [1.54, 1.807) is 0 Å². The maximum absolute atomic E-state index is 9.44. The molecular formula is C13H15N3O3. The van der Waals surface area contributed by atoms with Gasteiger partial charge in [0.25, 0.3) is 0 Å². The van der Waals surface area contributed by atoms with Crippen molar-refractivity contribution >= 4 is 0 Å². The summed E-state index contributed by atoms with van der Waals surface area (Å²) in [5, 5.41) is 16.4. The number of ether oxygens (including phenoxy) is 1. The second kappa shape index (κ2) is 5.38. The van der Waals surface area contributed by atoms with Crippen LogP contribution in [0.5, 0.6) is 5.75 Å². The molecule has 1 fully saturated rings. The highest BCUT2D eigenvalue weighted by atomic mass is 16.5. The van der Waals surface area contributed by atoms with Gasteiger partial charge in [0, 0.05) is 6.54 Å². The van der Waals surface area contributed by atoms with Gasteiger partial charge >= 0.3 is 0 Å². The first kappa shape index (κ1) is 12.1. The van der Waals surface area contributed by atoms with Crippen LogP contribution in [-0.2, 0) is 6.61 Å². The number of aliphatic hydroxyl groups is 1. The van der Waals surface area contributed by atoms with Gasteiger partial charge in [-0.3, -0.25) is 0 Å². The van der Waals surface area contributed by atoms with Crippen LogP contribution in [0.1, 0.15) is 24.2 Å². The molecule has 0 saturated carbocycles. The van der Waals surface area contributed by atoms with Gasteiger partial charge in [-0.05, 0) is 18.6 Å². The zero-order chi connectivity index (χ0) is 13.1. The van der Waals surface area contributed by atoms with Gasteiger partial charge in [0.1, 0.15) is 5.75 Å². The third kappa shape index (κ3) is 2.91. The van der Waals surface area contributed by atoms with Gasteiger partial charge < -0.3 is 19.7 Å². The summed E-state index contributed by atoms with van der Waals surface area (Å²) in [6.45, 7) is 0.825. The molecule has 0 radical (unpaired) electrons. The molecule has 6 nitrogen and oxygen atoms in total. The van der Waals surface area contributed by atoms with Gasteiger partial charge in [-0.25, -0.2) is 0 Å². The van der Waals surface area contributed by atoms with E-state index < -0.39 is 0 Å². The Kier molecular flexibility index (Phi) is 3.43. The second-order valence-corrected chi connectivity index (χ2v) is 4.50. The molecule has 0 unspecified atom stereocenters. The Morgan fingerprint density at radius 3 is 2.95 bits per heavy atom. The number of aromatic nitrogens is 2. The fourth-order valence-corrected chi connectivity index (χ4v) is 2.04. The standard InChI is InChI=1S/C13H15N3O3/c17-9-6-11(14-7-9)13-15-12(16-19-13)8-18-10-4-2-1-3-5-10/h1-5,9,11,14,17H,6-8H2/t9-,11+/m0/s1.